The molecule has 0 aromatic carbocycles. The van der Waals surface area contributed by atoms with E-state index in [1.807, 2.05) is 6.92 Å². The van der Waals surface area contributed by atoms with Crippen molar-refractivity contribution >= 4 is 5.91 Å². The van der Waals surface area contributed by atoms with Crippen molar-refractivity contribution in [1.82, 2.24) is 10.6 Å². The summed E-state index contributed by atoms with van der Waals surface area (Å²) in [7, 11) is 3.40. The molecule has 0 radical (unpaired) electrons. The first kappa shape index (κ1) is 15.4. The van der Waals surface area contributed by atoms with E-state index in [1.54, 1.807) is 14.2 Å². The fourth-order valence-electron chi connectivity index (χ4n) is 2.38. The summed E-state index contributed by atoms with van der Waals surface area (Å²) in [6.07, 6.45) is 4.42. The molecule has 106 valence electrons. The number of carbonyl (C=O) groups excluding carboxylic acids is 1. The summed E-state index contributed by atoms with van der Waals surface area (Å²) < 4.78 is 10.3. The molecule has 0 heterocycles. The van der Waals surface area contributed by atoms with Gasteiger partial charge in [-0.25, -0.2) is 0 Å². The van der Waals surface area contributed by atoms with Crippen LogP contribution in [0.4, 0.5) is 0 Å². The minimum atomic E-state index is -0.173. The van der Waals surface area contributed by atoms with Crippen LogP contribution in [0.5, 0.6) is 0 Å². The smallest absolute Gasteiger partial charge is 0.236 e. The third-order valence-corrected chi connectivity index (χ3v) is 3.44. The summed E-state index contributed by atoms with van der Waals surface area (Å²) in [6.45, 7) is 3.24. The molecule has 0 aromatic heterocycles. The highest BCUT2D eigenvalue weighted by molar-refractivity contribution is 5.81. The molecule has 0 saturated heterocycles. The average molecular weight is 258 g/mol. The van der Waals surface area contributed by atoms with E-state index in [1.165, 1.54) is 6.42 Å². The van der Waals surface area contributed by atoms with Crippen molar-refractivity contribution in [3.05, 3.63) is 0 Å². The summed E-state index contributed by atoms with van der Waals surface area (Å²) in [5.74, 6) is 0.0489. The molecular weight excluding hydrogens is 232 g/mol. The van der Waals surface area contributed by atoms with Crippen molar-refractivity contribution in [2.45, 2.75) is 50.8 Å². The molecule has 2 N–H and O–H groups in total. The second-order valence-electron chi connectivity index (χ2n) is 4.84. The fraction of sp³-hybridized carbons (Fsp3) is 0.923. The van der Waals surface area contributed by atoms with E-state index in [9.17, 15) is 4.79 Å². The lowest BCUT2D eigenvalue weighted by Gasteiger charge is -2.23. The molecule has 1 aliphatic carbocycles. The Morgan fingerprint density at radius 1 is 1.39 bits per heavy atom. The monoisotopic (exact) mass is 258 g/mol. The lowest BCUT2D eigenvalue weighted by atomic mass is 10.1. The van der Waals surface area contributed by atoms with Crippen molar-refractivity contribution in [3.8, 4) is 0 Å². The maximum atomic E-state index is 11.8. The molecule has 1 fully saturated rings. The van der Waals surface area contributed by atoms with Crippen LogP contribution in [0.1, 0.15) is 32.6 Å². The van der Waals surface area contributed by atoms with Gasteiger partial charge in [0.15, 0.2) is 0 Å². The van der Waals surface area contributed by atoms with E-state index in [-0.39, 0.29) is 18.1 Å². The molecule has 0 spiro atoms. The van der Waals surface area contributed by atoms with Crippen molar-refractivity contribution in [3.63, 3.8) is 0 Å². The van der Waals surface area contributed by atoms with Gasteiger partial charge in [0.2, 0.25) is 5.91 Å². The van der Waals surface area contributed by atoms with E-state index in [2.05, 4.69) is 10.6 Å². The number of rotatable bonds is 8. The van der Waals surface area contributed by atoms with Crippen LogP contribution in [0.2, 0.25) is 0 Å². The Labute approximate surface area is 110 Å². The highest BCUT2D eigenvalue weighted by Crippen LogP contribution is 2.21. The first-order chi connectivity index (χ1) is 8.69. The molecule has 18 heavy (non-hydrogen) atoms. The molecule has 3 atom stereocenters. The number of hydrogen-bond donors (Lipinski definition) is 2. The average Bonchev–Trinajstić information content (AvgIpc) is 2.81. The zero-order chi connectivity index (χ0) is 13.4. The molecule has 1 aliphatic rings. The number of carbonyl (C=O) groups is 1. The Hall–Kier alpha value is -0.650. The Bertz CT molecular complexity index is 248. The highest BCUT2D eigenvalue weighted by atomic mass is 16.5. The maximum Gasteiger partial charge on any atom is 0.236 e. The first-order valence-corrected chi connectivity index (χ1v) is 6.74. The van der Waals surface area contributed by atoms with Crippen LogP contribution in [0.3, 0.4) is 0 Å². The Morgan fingerprint density at radius 2 is 2.17 bits per heavy atom. The van der Waals surface area contributed by atoms with Gasteiger partial charge in [-0.2, -0.15) is 0 Å². The van der Waals surface area contributed by atoms with Crippen LogP contribution in [0, 0.1) is 0 Å². The van der Waals surface area contributed by atoms with E-state index in [0.29, 0.717) is 19.2 Å². The van der Waals surface area contributed by atoms with Crippen LogP contribution in [-0.4, -0.2) is 51.5 Å². The molecule has 5 nitrogen and oxygen atoms in total. The molecule has 0 bridgehead atoms. The summed E-state index contributed by atoms with van der Waals surface area (Å²) in [5.41, 5.74) is 0. The molecule has 1 saturated carbocycles. The summed E-state index contributed by atoms with van der Waals surface area (Å²) >= 11 is 0. The highest BCUT2D eigenvalue weighted by Gasteiger charge is 2.29. The lowest BCUT2D eigenvalue weighted by molar-refractivity contribution is -0.123. The largest absolute Gasteiger partial charge is 0.385 e. The van der Waals surface area contributed by atoms with E-state index >= 15 is 0 Å². The van der Waals surface area contributed by atoms with Gasteiger partial charge in [-0.1, -0.05) is 0 Å². The van der Waals surface area contributed by atoms with Crippen molar-refractivity contribution in [1.29, 1.82) is 0 Å². The molecule has 0 aromatic rings. The Kier molecular flexibility index (Phi) is 7.23. The number of nitrogens with one attached hydrogen (secondary N) is 2. The quantitative estimate of drug-likeness (QED) is 0.629. The predicted octanol–water partition coefficient (Wildman–Crippen LogP) is 0.685. The van der Waals surface area contributed by atoms with Crippen LogP contribution >= 0.6 is 0 Å². The zero-order valence-electron chi connectivity index (χ0n) is 11.7. The van der Waals surface area contributed by atoms with Gasteiger partial charge in [-0.3, -0.25) is 4.79 Å². The second kappa shape index (κ2) is 8.45. The number of ether oxygens (including phenoxy) is 2. The number of hydrogen-bond acceptors (Lipinski definition) is 4. The van der Waals surface area contributed by atoms with Crippen molar-refractivity contribution < 1.29 is 14.3 Å². The van der Waals surface area contributed by atoms with Gasteiger partial charge in [0, 0.05) is 33.4 Å². The molecule has 5 heteroatoms. The fourth-order valence-corrected chi connectivity index (χ4v) is 2.38. The normalized spacial score (nSPS) is 25.1. The first-order valence-electron chi connectivity index (χ1n) is 6.74. The number of amides is 1. The maximum absolute atomic E-state index is 11.8. The standard InChI is InChI=1S/C13H26N2O3/c1-10(13(16)14-8-5-9-17-2)15-11-6-4-7-12(11)18-3/h10-12,15H,4-9H2,1-3H3,(H,14,16). The van der Waals surface area contributed by atoms with Gasteiger partial charge in [0.05, 0.1) is 12.1 Å². The van der Waals surface area contributed by atoms with Crippen LogP contribution < -0.4 is 10.6 Å². The van der Waals surface area contributed by atoms with Gasteiger partial charge in [0.25, 0.3) is 0 Å². The van der Waals surface area contributed by atoms with Gasteiger partial charge < -0.3 is 20.1 Å². The van der Waals surface area contributed by atoms with E-state index in [0.717, 1.165) is 19.3 Å². The topological polar surface area (TPSA) is 59.6 Å². The van der Waals surface area contributed by atoms with Gasteiger partial charge in [-0.05, 0) is 32.6 Å². The van der Waals surface area contributed by atoms with Gasteiger partial charge in [-0.15, -0.1) is 0 Å². The van der Waals surface area contributed by atoms with Gasteiger partial charge >= 0.3 is 0 Å². The van der Waals surface area contributed by atoms with Crippen LogP contribution in [-0.2, 0) is 14.3 Å². The Balaban J connectivity index is 2.22. The Morgan fingerprint density at radius 3 is 2.83 bits per heavy atom. The van der Waals surface area contributed by atoms with Crippen molar-refractivity contribution in [2.75, 3.05) is 27.4 Å². The predicted molar refractivity (Wildman–Crippen MR) is 70.5 cm³/mol. The molecule has 0 aliphatic heterocycles. The summed E-state index contributed by atoms with van der Waals surface area (Å²) in [6, 6.07) is 0.128. The minimum absolute atomic E-state index is 0.0489. The molecule has 1 amide bonds. The molecule has 3 unspecified atom stereocenters. The van der Waals surface area contributed by atoms with Crippen LogP contribution in [0.25, 0.3) is 0 Å². The molecular formula is C13H26N2O3. The van der Waals surface area contributed by atoms with Crippen LogP contribution in [0.15, 0.2) is 0 Å². The SMILES string of the molecule is COCCCNC(=O)C(C)NC1CCCC1OC. The second-order valence-corrected chi connectivity index (χ2v) is 4.84. The number of methoxy groups -OCH3 is 2. The minimum Gasteiger partial charge on any atom is -0.385 e. The van der Waals surface area contributed by atoms with Gasteiger partial charge in [0.1, 0.15) is 0 Å². The van der Waals surface area contributed by atoms with E-state index in [4.69, 9.17) is 9.47 Å². The summed E-state index contributed by atoms with van der Waals surface area (Å²) in [4.78, 5) is 11.8. The van der Waals surface area contributed by atoms with Crippen molar-refractivity contribution in [2.24, 2.45) is 0 Å². The third-order valence-electron chi connectivity index (χ3n) is 3.44. The summed E-state index contributed by atoms with van der Waals surface area (Å²) in [5, 5.41) is 6.25. The third kappa shape index (κ3) is 4.92. The molecule has 1 rings (SSSR count). The van der Waals surface area contributed by atoms with E-state index < -0.39 is 0 Å². The zero-order valence-corrected chi connectivity index (χ0v) is 11.7. The lowest BCUT2D eigenvalue weighted by Crippen LogP contribution is -2.49.